The van der Waals surface area contributed by atoms with E-state index in [0.29, 0.717) is 6.42 Å². The first kappa shape index (κ1) is 10.5. The highest BCUT2D eigenvalue weighted by Crippen LogP contribution is 1.96. The van der Waals surface area contributed by atoms with Crippen molar-refractivity contribution in [1.29, 1.82) is 0 Å². The standard InChI is InChI=1S/C12H12O2/c1-2-11(13)12(14)9-8-10-6-4-3-5-7-10/h3-7,11,13H,2H2,1H3. The average Bonchev–Trinajstić information content (AvgIpc) is 2.26. The van der Waals surface area contributed by atoms with Gasteiger partial charge in [0.25, 0.3) is 0 Å². The summed E-state index contributed by atoms with van der Waals surface area (Å²) in [5.74, 6) is 4.69. The number of benzene rings is 1. The van der Waals surface area contributed by atoms with Crippen LogP contribution in [0.1, 0.15) is 18.9 Å². The van der Waals surface area contributed by atoms with Gasteiger partial charge in [0.2, 0.25) is 5.78 Å². The van der Waals surface area contributed by atoms with E-state index in [1.54, 1.807) is 6.92 Å². The molecule has 0 aliphatic rings. The van der Waals surface area contributed by atoms with Crippen LogP contribution in [0, 0.1) is 11.8 Å². The Morgan fingerprint density at radius 3 is 2.64 bits per heavy atom. The van der Waals surface area contributed by atoms with Crippen LogP contribution in [0.2, 0.25) is 0 Å². The van der Waals surface area contributed by atoms with Crippen molar-refractivity contribution in [1.82, 2.24) is 0 Å². The second-order valence-electron chi connectivity index (χ2n) is 2.90. The summed E-state index contributed by atoms with van der Waals surface area (Å²) < 4.78 is 0. The molecule has 0 saturated heterocycles. The summed E-state index contributed by atoms with van der Waals surface area (Å²) in [4.78, 5) is 11.1. The molecule has 0 bridgehead atoms. The molecule has 72 valence electrons. The van der Waals surface area contributed by atoms with E-state index >= 15 is 0 Å². The minimum atomic E-state index is -0.953. The summed E-state index contributed by atoms with van der Waals surface area (Å²) in [6.07, 6.45) is -0.548. The summed E-state index contributed by atoms with van der Waals surface area (Å²) in [7, 11) is 0. The molecule has 1 atom stereocenters. The van der Waals surface area contributed by atoms with Crippen molar-refractivity contribution in [3.8, 4) is 11.8 Å². The predicted molar refractivity (Wildman–Crippen MR) is 54.6 cm³/mol. The van der Waals surface area contributed by atoms with Crippen LogP contribution < -0.4 is 0 Å². The molecule has 1 unspecified atom stereocenters. The van der Waals surface area contributed by atoms with Crippen LogP contribution in [0.25, 0.3) is 0 Å². The van der Waals surface area contributed by atoms with E-state index in [1.165, 1.54) is 0 Å². The van der Waals surface area contributed by atoms with Crippen LogP contribution >= 0.6 is 0 Å². The Bertz CT molecular complexity index is 357. The molecule has 0 fully saturated rings. The van der Waals surface area contributed by atoms with Crippen molar-refractivity contribution in [2.24, 2.45) is 0 Å². The summed E-state index contributed by atoms with van der Waals surface area (Å²) in [5.41, 5.74) is 0.782. The molecular weight excluding hydrogens is 176 g/mol. The lowest BCUT2D eigenvalue weighted by atomic mass is 10.1. The Labute approximate surface area is 83.6 Å². The Kier molecular flexibility index (Phi) is 3.90. The predicted octanol–water partition coefficient (Wildman–Crippen LogP) is 1.38. The molecule has 0 spiro atoms. The molecule has 1 aromatic rings. The number of rotatable bonds is 2. The zero-order valence-corrected chi connectivity index (χ0v) is 8.03. The van der Waals surface area contributed by atoms with Gasteiger partial charge in [0.1, 0.15) is 6.10 Å². The number of carbonyl (C=O) groups excluding carboxylic acids is 1. The van der Waals surface area contributed by atoms with Crippen LogP contribution in [0.3, 0.4) is 0 Å². The number of aliphatic hydroxyl groups excluding tert-OH is 1. The Hall–Kier alpha value is -1.59. The Morgan fingerprint density at radius 2 is 2.07 bits per heavy atom. The van der Waals surface area contributed by atoms with Gasteiger partial charge in [-0.15, -0.1) is 0 Å². The second kappa shape index (κ2) is 5.21. The summed E-state index contributed by atoms with van der Waals surface area (Å²) in [5, 5.41) is 9.15. The molecule has 1 aromatic carbocycles. The van der Waals surface area contributed by atoms with Gasteiger partial charge in [0.05, 0.1) is 0 Å². The first-order valence-corrected chi connectivity index (χ1v) is 4.53. The second-order valence-corrected chi connectivity index (χ2v) is 2.90. The van der Waals surface area contributed by atoms with Crippen LogP contribution in [-0.4, -0.2) is 17.0 Å². The van der Waals surface area contributed by atoms with E-state index in [9.17, 15) is 4.79 Å². The smallest absolute Gasteiger partial charge is 0.234 e. The van der Waals surface area contributed by atoms with Crippen LogP contribution in [-0.2, 0) is 4.79 Å². The number of Topliss-reactive ketones (excluding diaryl/α,β-unsaturated/α-hetero) is 1. The molecule has 0 amide bonds. The van der Waals surface area contributed by atoms with Gasteiger partial charge in [-0.25, -0.2) is 0 Å². The fourth-order valence-corrected chi connectivity index (χ4v) is 0.924. The third kappa shape index (κ3) is 3.04. The van der Waals surface area contributed by atoms with Crippen molar-refractivity contribution in [3.63, 3.8) is 0 Å². The quantitative estimate of drug-likeness (QED) is 0.712. The maximum atomic E-state index is 11.1. The molecule has 2 heteroatoms. The maximum Gasteiger partial charge on any atom is 0.234 e. The number of aliphatic hydroxyl groups is 1. The van der Waals surface area contributed by atoms with Gasteiger partial charge in [-0.2, -0.15) is 0 Å². The van der Waals surface area contributed by atoms with Gasteiger partial charge in [0.15, 0.2) is 0 Å². The maximum absolute atomic E-state index is 11.1. The first-order chi connectivity index (χ1) is 6.74. The van der Waals surface area contributed by atoms with Gasteiger partial charge in [-0.05, 0) is 24.5 Å². The molecule has 0 saturated carbocycles. The molecule has 1 N–H and O–H groups in total. The third-order valence-corrected chi connectivity index (χ3v) is 1.79. The summed E-state index contributed by atoms with van der Waals surface area (Å²) in [6, 6.07) is 9.22. The van der Waals surface area contributed by atoms with Gasteiger partial charge in [-0.3, -0.25) is 4.79 Å². The highest BCUT2D eigenvalue weighted by molar-refractivity contribution is 5.99. The fourth-order valence-electron chi connectivity index (χ4n) is 0.924. The monoisotopic (exact) mass is 188 g/mol. The average molecular weight is 188 g/mol. The van der Waals surface area contributed by atoms with Crippen molar-refractivity contribution >= 4 is 5.78 Å². The largest absolute Gasteiger partial charge is 0.384 e. The molecule has 1 rings (SSSR count). The highest BCUT2D eigenvalue weighted by Gasteiger charge is 2.08. The first-order valence-electron chi connectivity index (χ1n) is 4.53. The van der Waals surface area contributed by atoms with Gasteiger partial charge >= 0.3 is 0 Å². The van der Waals surface area contributed by atoms with Crippen molar-refractivity contribution < 1.29 is 9.90 Å². The minimum Gasteiger partial charge on any atom is -0.384 e. The molecule has 2 nitrogen and oxygen atoms in total. The molecule has 0 heterocycles. The number of ketones is 1. The van der Waals surface area contributed by atoms with E-state index in [0.717, 1.165) is 5.56 Å². The normalized spacial score (nSPS) is 11.3. The van der Waals surface area contributed by atoms with Gasteiger partial charge in [-0.1, -0.05) is 31.0 Å². The number of carbonyl (C=O) groups is 1. The van der Waals surface area contributed by atoms with E-state index in [4.69, 9.17) is 5.11 Å². The SMILES string of the molecule is CCC(O)C(=O)C#Cc1ccccc1. The molecule has 0 radical (unpaired) electrons. The Morgan fingerprint density at radius 1 is 1.43 bits per heavy atom. The van der Waals surface area contributed by atoms with Crippen molar-refractivity contribution in [3.05, 3.63) is 35.9 Å². The van der Waals surface area contributed by atoms with E-state index in [-0.39, 0.29) is 0 Å². The number of hydrogen-bond acceptors (Lipinski definition) is 2. The lowest BCUT2D eigenvalue weighted by Gasteiger charge is -1.98. The lowest BCUT2D eigenvalue weighted by Crippen LogP contribution is -2.16. The molecule has 0 aliphatic heterocycles. The van der Waals surface area contributed by atoms with E-state index in [2.05, 4.69) is 11.8 Å². The van der Waals surface area contributed by atoms with Crippen LogP contribution in [0.15, 0.2) is 30.3 Å². The highest BCUT2D eigenvalue weighted by atomic mass is 16.3. The summed E-state index contributed by atoms with van der Waals surface area (Å²) in [6.45, 7) is 1.74. The van der Waals surface area contributed by atoms with Crippen LogP contribution in [0.4, 0.5) is 0 Å². The van der Waals surface area contributed by atoms with E-state index < -0.39 is 11.9 Å². The van der Waals surface area contributed by atoms with Gasteiger partial charge < -0.3 is 5.11 Å². The summed E-state index contributed by atoms with van der Waals surface area (Å²) >= 11 is 0. The number of hydrogen-bond donors (Lipinski definition) is 1. The van der Waals surface area contributed by atoms with Crippen molar-refractivity contribution in [2.45, 2.75) is 19.4 Å². The van der Waals surface area contributed by atoms with E-state index in [1.807, 2.05) is 30.3 Å². The Balaban J connectivity index is 2.69. The lowest BCUT2D eigenvalue weighted by molar-refractivity contribution is -0.121. The molecular formula is C12H12O2. The zero-order valence-electron chi connectivity index (χ0n) is 8.03. The van der Waals surface area contributed by atoms with Gasteiger partial charge in [0, 0.05) is 5.56 Å². The minimum absolute atomic E-state index is 0.405. The molecule has 14 heavy (non-hydrogen) atoms. The molecule has 0 aliphatic carbocycles. The fraction of sp³-hybridized carbons (Fsp3) is 0.250. The van der Waals surface area contributed by atoms with Crippen molar-refractivity contribution in [2.75, 3.05) is 0 Å². The molecule has 0 aromatic heterocycles. The third-order valence-electron chi connectivity index (χ3n) is 1.79. The van der Waals surface area contributed by atoms with Crippen LogP contribution in [0.5, 0.6) is 0 Å². The topological polar surface area (TPSA) is 37.3 Å². The zero-order chi connectivity index (χ0) is 10.4.